The molecule has 1 unspecified atom stereocenters. The molecular weight excluding hydrogens is 258 g/mol. The van der Waals surface area contributed by atoms with Crippen molar-refractivity contribution in [1.29, 1.82) is 0 Å². The van der Waals surface area contributed by atoms with Gasteiger partial charge in [0.2, 0.25) is 0 Å². The smallest absolute Gasteiger partial charge is 0.161 e. The van der Waals surface area contributed by atoms with E-state index in [-0.39, 0.29) is 6.10 Å². The second-order valence-electron chi connectivity index (χ2n) is 4.36. The molecule has 1 rings (SSSR count). The van der Waals surface area contributed by atoms with E-state index in [1.54, 1.807) is 21.3 Å². The average molecular weight is 283 g/mol. The molecule has 0 aliphatic rings. The molecule has 0 spiro atoms. The third-order valence-corrected chi connectivity index (χ3v) is 2.91. The first-order valence-electron chi connectivity index (χ1n) is 6.77. The molecule has 1 aromatic rings. The lowest BCUT2D eigenvalue weighted by Gasteiger charge is -2.16. The Morgan fingerprint density at radius 2 is 1.95 bits per heavy atom. The molecule has 0 aliphatic heterocycles. The summed E-state index contributed by atoms with van der Waals surface area (Å²) >= 11 is 0. The summed E-state index contributed by atoms with van der Waals surface area (Å²) in [5.41, 5.74) is 1.14. The van der Waals surface area contributed by atoms with Crippen LogP contribution in [0.3, 0.4) is 0 Å². The molecule has 0 amide bonds. The lowest BCUT2D eigenvalue weighted by molar-refractivity contribution is 0.0288. The van der Waals surface area contributed by atoms with Gasteiger partial charge >= 0.3 is 0 Å². The Hall–Kier alpha value is -1.30. The summed E-state index contributed by atoms with van der Waals surface area (Å²) in [6.07, 6.45) is 0.0598. The minimum atomic E-state index is 0.0598. The van der Waals surface area contributed by atoms with E-state index in [2.05, 4.69) is 5.32 Å². The zero-order chi connectivity index (χ0) is 14.8. The Morgan fingerprint density at radius 3 is 2.55 bits per heavy atom. The standard InChI is InChI=1S/C15H25NO4/c1-5-20-15-8-12(6-7-14(15)19-4)9-16-10-13(18-3)11-17-2/h6-8,13,16H,5,9-11H2,1-4H3. The molecule has 0 radical (unpaired) electrons. The highest BCUT2D eigenvalue weighted by molar-refractivity contribution is 5.42. The summed E-state index contributed by atoms with van der Waals surface area (Å²) in [6, 6.07) is 5.94. The molecule has 0 aromatic heterocycles. The number of hydrogen-bond acceptors (Lipinski definition) is 5. The van der Waals surface area contributed by atoms with Crippen LogP contribution in [0, 0.1) is 0 Å². The number of rotatable bonds is 10. The Kier molecular flexibility index (Phi) is 8.02. The van der Waals surface area contributed by atoms with Crippen LogP contribution in [0.25, 0.3) is 0 Å². The second-order valence-corrected chi connectivity index (χ2v) is 4.36. The first kappa shape index (κ1) is 16.8. The quantitative estimate of drug-likeness (QED) is 0.710. The number of ether oxygens (including phenoxy) is 4. The third-order valence-electron chi connectivity index (χ3n) is 2.91. The van der Waals surface area contributed by atoms with Crippen molar-refractivity contribution in [2.45, 2.75) is 19.6 Å². The van der Waals surface area contributed by atoms with Crippen LogP contribution < -0.4 is 14.8 Å². The predicted octanol–water partition coefficient (Wildman–Crippen LogP) is 1.84. The van der Waals surface area contributed by atoms with Gasteiger partial charge in [-0.1, -0.05) is 6.07 Å². The number of methoxy groups -OCH3 is 3. The maximum atomic E-state index is 5.56. The Bertz CT molecular complexity index is 384. The van der Waals surface area contributed by atoms with Crippen LogP contribution >= 0.6 is 0 Å². The van der Waals surface area contributed by atoms with Gasteiger partial charge in [0.15, 0.2) is 11.5 Å². The van der Waals surface area contributed by atoms with Crippen LogP contribution in [0.2, 0.25) is 0 Å². The molecular formula is C15H25NO4. The summed E-state index contributed by atoms with van der Waals surface area (Å²) in [5, 5.41) is 3.34. The lowest BCUT2D eigenvalue weighted by atomic mass is 10.2. The van der Waals surface area contributed by atoms with E-state index in [0.717, 1.165) is 30.2 Å². The van der Waals surface area contributed by atoms with Gasteiger partial charge in [0.05, 0.1) is 26.4 Å². The van der Waals surface area contributed by atoms with Crippen molar-refractivity contribution in [3.8, 4) is 11.5 Å². The fourth-order valence-corrected chi connectivity index (χ4v) is 1.87. The predicted molar refractivity (Wildman–Crippen MR) is 78.5 cm³/mol. The fraction of sp³-hybridized carbons (Fsp3) is 0.600. The third kappa shape index (κ3) is 5.36. The van der Waals surface area contributed by atoms with Gasteiger partial charge in [0.1, 0.15) is 0 Å². The number of hydrogen-bond donors (Lipinski definition) is 1. The van der Waals surface area contributed by atoms with Crippen molar-refractivity contribution in [1.82, 2.24) is 5.32 Å². The highest BCUT2D eigenvalue weighted by Crippen LogP contribution is 2.27. The van der Waals surface area contributed by atoms with Gasteiger partial charge in [0.25, 0.3) is 0 Å². The minimum Gasteiger partial charge on any atom is -0.493 e. The van der Waals surface area contributed by atoms with E-state index in [9.17, 15) is 0 Å². The molecule has 1 aromatic carbocycles. The van der Waals surface area contributed by atoms with Gasteiger partial charge < -0.3 is 24.3 Å². The zero-order valence-corrected chi connectivity index (χ0v) is 12.8. The molecule has 0 fully saturated rings. The van der Waals surface area contributed by atoms with Crippen LogP contribution in [-0.4, -0.2) is 47.2 Å². The van der Waals surface area contributed by atoms with Crippen molar-refractivity contribution >= 4 is 0 Å². The zero-order valence-electron chi connectivity index (χ0n) is 12.8. The topological polar surface area (TPSA) is 49.0 Å². The molecule has 0 saturated carbocycles. The molecule has 1 N–H and O–H groups in total. The summed E-state index contributed by atoms with van der Waals surface area (Å²) in [6.45, 7) is 4.63. The van der Waals surface area contributed by atoms with E-state index >= 15 is 0 Å². The SMILES string of the molecule is CCOc1cc(CNCC(COC)OC)ccc1OC. The minimum absolute atomic E-state index is 0.0598. The van der Waals surface area contributed by atoms with Crippen molar-refractivity contribution < 1.29 is 18.9 Å². The van der Waals surface area contributed by atoms with Crippen LogP contribution in [0.1, 0.15) is 12.5 Å². The maximum absolute atomic E-state index is 5.56. The van der Waals surface area contributed by atoms with Crippen molar-refractivity contribution in [3.05, 3.63) is 23.8 Å². The van der Waals surface area contributed by atoms with Crippen LogP contribution in [0.4, 0.5) is 0 Å². The Balaban J connectivity index is 2.53. The molecule has 0 heterocycles. The Labute approximate surface area is 121 Å². The van der Waals surface area contributed by atoms with Crippen LogP contribution in [0.15, 0.2) is 18.2 Å². The van der Waals surface area contributed by atoms with E-state index in [4.69, 9.17) is 18.9 Å². The van der Waals surface area contributed by atoms with Crippen molar-refractivity contribution in [3.63, 3.8) is 0 Å². The van der Waals surface area contributed by atoms with E-state index < -0.39 is 0 Å². The van der Waals surface area contributed by atoms with Gasteiger partial charge in [0, 0.05) is 27.3 Å². The summed E-state index contributed by atoms with van der Waals surface area (Å²) in [5.74, 6) is 1.53. The van der Waals surface area contributed by atoms with Crippen LogP contribution in [0.5, 0.6) is 11.5 Å². The van der Waals surface area contributed by atoms with Gasteiger partial charge in [-0.3, -0.25) is 0 Å². The lowest BCUT2D eigenvalue weighted by Crippen LogP contribution is -2.31. The Morgan fingerprint density at radius 1 is 1.15 bits per heavy atom. The number of nitrogens with one attached hydrogen (secondary N) is 1. The molecule has 0 aliphatic carbocycles. The normalized spacial score (nSPS) is 12.2. The number of benzene rings is 1. The molecule has 1 atom stereocenters. The summed E-state index contributed by atoms with van der Waals surface area (Å²) < 4.78 is 21.2. The molecule has 0 saturated heterocycles. The fourth-order valence-electron chi connectivity index (χ4n) is 1.87. The first-order chi connectivity index (χ1) is 9.74. The molecule has 5 heteroatoms. The van der Waals surface area contributed by atoms with Crippen molar-refractivity contribution in [2.75, 3.05) is 41.1 Å². The van der Waals surface area contributed by atoms with Gasteiger partial charge in [-0.2, -0.15) is 0 Å². The summed E-state index contributed by atoms with van der Waals surface area (Å²) in [7, 11) is 5.00. The largest absolute Gasteiger partial charge is 0.493 e. The monoisotopic (exact) mass is 283 g/mol. The highest BCUT2D eigenvalue weighted by atomic mass is 16.5. The maximum Gasteiger partial charge on any atom is 0.161 e. The molecule has 114 valence electrons. The molecule has 0 bridgehead atoms. The van der Waals surface area contributed by atoms with E-state index in [1.807, 2.05) is 25.1 Å². The average Bonchev–Trinajstić information content (AvgIpc) is 2.47. The highest BCUT2D eigenvalue weighted by Gasteiger charge is 2.08. The molecule has 20 heavy (non-hydrogen) atoms. The first-order valence-corrected chi connectivity index (χ1v) is 6.77. The van der Waals surface area contributed by atoms with E-state index in [1.165, 1.54) is 0 Å². The van der Waals surface area contributed by atoms with Crippen LogP contribution in [-0.2, 0) is 16.0 Å². The summed E-state index contributed by atoms with van der Waals surface area (Å²) in [4.78, 5) is 0. The van der Waals surface area contributed by atoms with Gasteiger partial charge in [-0.15, -0.1) is 0 Å². The van der Waals surface area contributed by atoms with Gasteiger partial charge in [-0.05, 0) is 24.6 Å². The molecule has 5 nitrogen and oxygen atoms in total. The van der Waals surface area contributed by atoms with Crippen molar-refractivity contribution in [2.24, 2.45) is 0 Å². The second kappa shape index (κ2) is 9.58. The van der Waals surface area contributed by atoms with E-state index in [0.29, 0.717) is 13.2 Å². The van der Waals surface area contributed by atoms with Gasteiger partial charge in [-0.25, -0.2) is 0 Å².